The van der Waals surface area contributed by atoms with E-state index in [1.54, 1.807) is 62.0 Å². The summed E-state index contributed by atoms with van der Waals surface area (Å²) < 4.78 is 0. The molecule has 1 aromatic carbocycles. The van der Waals surface area contributed by atoms with Gasteiger partial charge in [0, 0.05) is 80.5 Å². The highest BCUT2D eigenvalue weighted by Gasteiger charge is 2.25. The van der Waals surface area contributed by atoms with Gasteiger partial charge in [0.2, 0.25) is 5.65 Å². The monoisotopic (exact) mass is 1420 g/mol. The van der Waals surface area contributed by atoms with E-state index in [9.17, 15) is 0 Å². The number of hydrogen-bond acceptors (Lipinski definition) is 21. The van der Waals surface area contributed by atoms with Gasteiger partial charge >= 0.3 is 0 Å². The molecule has 29 nitrogen and oxygen atoms in total. The summed E-state index contributed by atoms with van der Waals surface area (Å²) in [6.45, 7) is 50.8. The number of imidazole rings is 8. The fraction of sp³-hybridized carbons (Fsp3) is 0.434. The Hall–Kier alpha value is -11.4. The maximum Gasteiger partial charge on any atom is 0.203 e. The molecule has 29 heteroatoms. The number of aromatic nitrogens is 29. The highest BCUT2D eigenvalue weighted by molar-refractivity contribution is 5.76. The van der Waals surface area contributed by atoms with Crippen LogP contribution < -0.4 is 0 Å². The van der Waals surface area contributed by atoms with Gasteiger partial charge in [-0.05, 0) is 41.6 Å². The summed E-state index contributed by atoms with van der Waals surface area (Å²) >= 11 is 0. The maximum atomic E-state index is 4.53. The Morgan fingerprint density at radius 1 is 0.248 bits per heavy atom. The first-order chi connectivity index (χ1) is 48.6. The molecule has 16 aromatic rings. The third-order valence-corrected chi connectivity index (χ3v) is 15.3. The van der Waals surface area contributed by atoms with Gasteiger partial charge < -0.3 is 39.9 Å². The molecular formula is C76H103N29. The van der Waals surface area contributed by atoms with Gasteiger partial charge in [0.1, 0.15) is 64.0 Å². The van der Waals surface area contributed by atoms with Gasteiger partial charge in [-0.25, -0.2) is 74.8 Å². The average Bonchev–Trinajstić information content (AvgIpc) is 1.75. The zero-order chi connectivity index (χ0) is 75.8. The van der Waals surface area contributed by atoms with Crippen molar-refractivity contribution in [2.45, 2.75) is 217 Å². The van der Waals surface area contributed by atoms with Crippen LogP contribution in [0.25, 0.3) is 89.3 Å². The molecule has 0 amide bonds. The van der Waals surface area contributed by atoms with Gasteiger partial charge in [0.15, 0.2) is 39.5 Å². The predicted molar refractivity (Wildman–Crippen MR) is 416 cm³/mol. The number of aromatic amines is 8. The zero-order valence-corrected chi connectivity index (χ0v) is 64.4. The maximum absolute atomic E-state index is 4.53. The minimum atomic E-state index is 0. The number of benzene rings is 1. The Bertz CT molecular complexity index is 4140. The Labute approximate surface area is 612 Å². The number of para-hydroxylation sites is 2. The lowest BCUT2D eigenvalue weighted by Crippen LogP contribution is -2.13. The average molecular weight is 1420 g/mol. The van der Waals surface area contributed by atoms with Gasteiger partial charge in [-0.15, -0.1) is 15.3 Å². The molecular weight excluding hydrogens is 1320 g/mol. The van der Waals surface area contributed by atoms with Crippen molar-refractivity contribution in [3.8, 4) is 0 Å². The second kappa shape index (κ2) is 31.7. The first-order valence-corrected chi connectivity index (χ1v) is 34.4. The Kier molecular flexibility index (Phi) is 23.9. The van der Waals surface area contributed by atoms with E-state index in [0.29, 0.717) is 22.6 Å². The second-order valence-electron chi connectivity index (χ2n) is 33.1. The van der Waals surface area contributed by atoms with Crippen LogP contribution in [0.3, 0.4) is 0 Å². The highest BCUT2D eigenvalue weighted by Crippen LogP contribution is 2.28. The molecule has 0 bridgehead atoms. The van der Waals surface area contributed by atoms with Gasteiger partial charge in [-0.1, -0.05) is 186 Å². The molecule has 0 saturated carbocycles. The van der Waals surface area contributed by atoms with Crippen molar-refractivity contribution in [1.29, 1.82) is 0 Å². The van der Waals surface area contributed by atoms with E-state index in [0.717, 1.165) is 113 Å². The highest BCUT2D eigenvalue weighted by atomic mass is 15.3. The molecule has 8 N–H and O–H groups in total. The van der Waals surface area contributed by atoms with Gasteiger partial charge in [0.25, 0.3) is 0 Å². The van der Waals surface area contributed by atoms with Crippen LogP contribution >= 0.6 is 0 Å². The van der Waals surface area contributed by atoms with Crippen molar-refractivity contribution >= 4 is 89.3 Å². The molecule has 0 aliphatic rings. The van der Waals surface area contributed by atoms with Crippen LogP contribution in [0.2, 0.25) is 0 Å². The van der Waals surface area contributed by atoms with Crippen molar-refractivity contribution in [2.24, 2.45) is 0 Å². The standard InChI is InChI=1S/C11H14N2.2C10H13N3.4C9H12N4.C8H11N5.CH4/c1-11(2,3)10-12-8-6-4-5-7-9(8)13-10;1-10(2,3)9-12-7-4-5-11-6-8(7)13-9;1-10(2,3)9-12-7-5-4-6-11-8(7)13-9;1-9(2,3)8-12-6-4-10-5-11-7(6)13-8;2*1-9(2,3)8-12-6-7(13-8)11-5-4-10-6;1-9(2,3)8-11-6-4-5-10-13-7(6)12-8;1-8(2,3)7-10-5-4-9-13-12-6(5)11-7;/h4-7H,1-3H3,(H,12,13);4-6H,1-3H3,(H,12,13);4-6H,1-3H3,(H,11,12,13);3*4-5H,1-3H3,(H,10,11,12,13);4-5H,1-3H3,(H,11,12,13);4H,1-3H3,(H,9,10,11,12);1H4. The Morgan fingerprint density at radius 2 is 0.610 bits per heavy atom. The number of pyridine rings is 2. The molecule has 0 aliphatic carbocycles. The number of nitrogens with zero attached hydrogens (tertiary/aromatic N) is 21. The third-order valence-electron chi connectivity index (χ3n) is 15.3. The number of rotatable bonds is 0. The van der Waals surface area contributed by atoms with E-state index < -0.39 is 0 Å². The van der Waals surface area contributed by atoms with E-state index in [1.165, 1.54) is 6.33 Å². The molecule has 0 unspecified atom stereocenters. The van der Waals surface area contributed by atoms with E-state index >= 15 is 0 Å². The number of H-pyrrole nitrogens is 8. The molecule has 0 saturated heterocycles. The van der Waals surface area contributed by atoms with Crippen LogP contribution in [-0.2, 0) is 43.3 Å². The van der Waals surface area contributed by atoms with Crippen molar-refractivity contribution in [3.63, 3.8) is 0 Å². The van der Waals surface area contributed by atoms with Crippen LogP contribution in [0.1, 0.15) is 220 Å². The fourth-order valence-corrected chi connectivity index (χ4v) is 9.21. The molecule has 0 radical (unpaired) electrons. The molecule has 0 aliphatic heterocycles. The summed E-state index contributed by atoms with van der Waals surface area (Å²) in [5.41, 5.74) is 13.9. The summed E-state index contributed by atoms with van der Waals surface area (Å²) in [4.78, 5) is 93.6. The molecule has 15 aromatic heterocycles. The van der Waals surface area contributed by atoms with Crippen LogP contribution in [-0.4, -0.2) is 145 Å². The molecule has 105 heavy (non-hydrogen) atoms. The smallest absolute Gasteiger partial charge is 0.203 e. The quantitative estimate of drug-likeness (QED) is 0.0699. The van der Waals surface area contributed by atoms with Crippen molar-refractivity contribution in [3.05, 3.63) is 163 Å². The molecule has 15 heterocycles. The van der Waals surface area contributed by atoms with Crippen molar-refractivity contribution in [1.82, 2.24) is 145 Å². The van der Waals surface area contributed by atoms with Crippen LogP contribution in [0.4, 0.5) is 0 Å². The molecule has 552 valence electrons. The minimum absolute atomic E-state index is 0. The summed E-state index contributed by atoms with van der Waals surface area (Å²) in [5, 5.41) is 18.7. The van der Waals surface area contributed by atoms with Gasteiger partial charge in [-0.2, -0.15) is 5.10 Å². The van der Waals surface area contributed by atoms with E-state index in [2.05, 4.69) is 317 Å². The van der Waals surface area contributed by atoms with E-state index in [4.69, 9.17) is 0 Å². The molecule has 0 atom stereocenters. The number of fused-ring (bicyclic) bond motifs is 8. The Balaban J connectivity index is 0.000000151. The van der Waals surface area contributed by atoms with Crippen LogP contribution in [0, 0.1) is 0 Å². The van der Waals surface area contributed by atoms with Crippen LogP contribution in [0.5, 0.6) is 0 Å². The first kappa shape index (κ1) is 79.3. The van der Waals surface area contributed by atoms with E-state index in [1.807, 2.05) is 42.5 Å². The van der Waals surface area contributed by atoms with Crippen LogP contribution in [0.15, 0.2) is 117 Å². The summed E-state index contributed by atoms with van der Waals surface area (Å²) in [5.74, 6) is 7.70. The normalized spacial score (nSPS) is 12.1. The third kappa shape index (κ3) is 21.4. The van der Waals surface area contributed by atoms with E-state index in [-0.39, 0.29) is 50.7 Å². The molecule has 16 rings (SSSR count). The van der Waals surface area contributed by atoms with Gasteiger partial charge in [0.05, 0.1) is 57.9 Å². The molecule has 0 spiro atoms. The largest absolute Gasteiger partial charge is 0.342 e. The minimum Gasteiger partial charge on any atom is -0.342 e. The SMILES string of the molecule is C.CC(C)(C)c1nc2ccccc2[nH]1.CC(C)(C)c1nc2ccncc2[nH]1.CC(C)(C)c1nc2ncccc2[nH]1.CC(C)(C)c1nc2nccnc2[nH]1.CC(C)(C)c1nc2nccnc2[nH]1.CC(C)(C)c1nc2ncncc2[nH]1.CC(C)(C)c1nc2nnccc2[nH]1.CC(C)(C)c1nc2nnncc2[nH]1. The Morgan fingerprint density at radius 3 is 1.06 bits per heavy atom. The predicted octanol–water partition coefficient (Wildman–Crippen LogP) is 15.7. The zero-order valence-electron chi connectivity index (χ0n) is 64.4. The lowest BCUT2D eigenvalue weighted by molar-refractivity contribution is 0.554. The summed E-state index contributed by atoms with van der Waals surface area (Å²) in [6, 6.07) is 15.8. The lowest BCUT2D eigenvalue weighted by atomic mass is 9.96. The summed E-state index contributed by atoms with van der Waals surface area (Å²) in [7, 11) is 0. The fourth-order valence-electron chi connectivity index (χ4n) is 9.21. The topological polar surface area (TPSA) is 397 Å². The lowest BCUT2D eigenvalue weighted by Gasteiger charge is -2.13. The molecule has 0 fully saturated rings. The number of hydrogen-bond donors (Lipinski definition) is 8. The summed E-state index contributed by atoms with van der Waals surface area (Å²) in [6.07, 6.45) is 18.5. The number of nitrogens with one attached hydrogen (secondary N) is 8. The second-order valence-corrected chi connectivity index (χ2v) is 33.1. The van der Waals surface area contributed by atoms with Crippen molar-refractivity contribution in [2.75, 3.05) is 0 Å². The van der Waals surface area contributed by atoms with Crippen molar-refractivity contribution < 1.29 is 0 Å². The first-order valence-electron chi connectivity index (χ1n) is 34.4. The van der Waals surface area contributed by atoms with Gasteiger partial charge in [-0.3, -0.25) is 4.98 Å².